The molecule has 0 aromatic carbocycles. The number of unbranched alkanes of at least 4 members (excludes halogenated alkanes) is 1. The lowest BCUT2D eigenvalue weighted by Crippen LogP contribution is -2.22. The van der Waals surface area contributed by atoms with E-state index in [0.717, 1.165) is 0 Å². The van der Waals surface area contributed by atoms with Crippen LogP contribution in [0, 0.1) is 5.92 Å². The average Bonchev–Trinajstić information content (AvgIpc) is 2.83. The van der Waals surface area contributed by atoms with Crippen molar-refractivity contribution in [1.82, 2.24) is 0 Å². The Kier molecular flexibility index (Phi) is 2.20. The molecule has 1 saturated heterocycles. The van der Waals surface area contributed by atoms with Gasteiger partial charge in [-0.05, 0) is 6.42 Å². The first-order chi connectivity index (χ1) is 5.83. The molecule has 1 aliphatic heterocycles. The van der Waals surface area contributed by atoms with Crippen molar-refractivity contribution in [2.24, 2.45) is 5.92 Å². The Bertz CT molecular complexity index is 188. The van der Waals surface area contributed by atoms with Crippen molar-refractivity contribution < 1.29 is 9.84 Å². The first kappa shape index (κ1) is 8.27. The standard InChI is InChI=1S/C10H16O2/c1-2-3-4-7-5-6-8(11)10-9(7)12-10/h5-11H,2-4H2,1H3. The van der Waals surface area contributed by atoms with E-state index in [1.165, 1.54) is 19.3 Å². The highest BCUT2D eigenvalue weighted by atomic mass is 16.6. The molecule has 4 atom stereocenters. The fourth-order valence-electron chi connectivity index (χ4n) is 1.93. The van der Waals surface area contributed by atoms with Gasteiger partial charge in [-0.1, -0.05) is 31.9 Å². The maximum atomic E-state index is 9.35. The molecule has 0 amide bonds. The van der Waals surface area contributed by atoms with Gasteiger partial charge in [-0.2, -0.15) is 0 Å². The number of ether oxygens (including phenoxy) is 1. The summed E-state index contributed by atoms with van der Waals surface area (Å²) in [5.74, 6) is 0.568. The normalized spacial score (nSPS) is 44.2. The van der Waals surface area contributed by atoms with Gasteiger partial charge in [0.25, 0.3) is 0 Å². The second-order valence-electron chi connectivity index (χ2n) is 3.75. The Morgan fingerprint density at radius 3 is 2.92 bits per heavy atom. The van der Waals surface area contributed by atoms with E-state index in [1.807, 2.05) is 6.08 Å². The first-order valence-corrected chi connectivity index (χ1v) is 4.84. The Labute approximate surface area is 73.2 Å². The molecule has 1 fully saturated rings. The molecule has 2 nitrogen and oxygen atoms in total. The van der Waals surface area contributed by atoms with Gasteiger partial charge < -0.3 is 9.84 Å². The predicted molar refractivity (Wildman–Crippen MR) is 46.8 cm³/mol. The van der Waals surface area contributed by atoms with Crippen LogP contribution in [0.2, 0.25) is 0 Å². The van der Waals surface area contributed by atoms with E-state index in [0.29, 0.717) is 12.0 Å². The maximum absolute atomic E-state index is 9.35. The highest BCUT2D eigenvalue weighted by molar-refractivity contribution is 5.14. The summed E-state index contributed by atoms with van der Waals surface area (Å²) in [5.41, 5.74) is 0. The molecule has 0 spiro atoms. The van der Waals surface area contributed by atoms with Gasteiger partial charge in [0.1, 0.15) is 12.2 Å². The zero-order valence-electron chi connectivity index (χ0n) is 7.44. The topological polar surface area (TPSA) is 32.8 Å². The van der Waals surface area contributed by atoms with Gasteiger partial charge in [0, 0.05) is 5.92 Å². The molecule has 68 valence electrons. The van der Waals surface area contributed by atoms with Crippen LogP contribution in [0.1, 0.15) is 26.2 Å². The Balaban J connectivity index is 1.88. The first-order valence-electron chi connectivity index (χ1n) is 4.84. The van der Waals surface area contributed by atoms with Crippen LogP contribution in [0.5, 0.6) is 0 Å². The van der Waals surface area contributed by atoms with Crippen molar-refractivity contribution >= 4 is 0 Å². The quantitative estimate of drug-likeness (QED) is 0.511. The van der Waals surface area contributed by atoms with Crippen molar-refractivity contribution in [2.45, 2.75) is 44.5 Å². The number of aliphatic hydroxyl groups is 1. The van der Waals surface area contributed by atoms with Gasteiger partial charge in [0.15, 0.2) is 0 Å². The average molecular weight is 168 g/mol. The van der Waals surface area contributed by atoms with E-state index in [9.17, 15) is 5.11 Å². The van der Waals surface area contributed by atoms with E-state index in [2.05, 4.69) is 13.0 Å². The van der Waals surface area contributed by atoms with Gasteiger partial charge in [-0.15, -0.1) is 0 Å². The second-order valence-corrected chi connectivity index (χ2v) is 3.75. The molecule has 2 heteroatoms. The Morgan fingerprint density at radius 1 is 1.33 bits per heavy atom. The minimum atomic E-state index is -0.340. The summed E-state index contributed by atoms with van der Waals surface area (Å²) < 4.78 is 5.39. The van der Waals surface area contributed by atoms with Crippen molar-refractivity contribution in [1.29, 1.82) is 0 Å². The molecular formula is C10H16O2. The van der Waals surface area contributed by atoms with Crippen LogP contribution >= 0.6 is 0 Å². The Hall–Kier alpha value is -0.340. The number of fused-ring (bicyclic) bond motifs is 1. The third-order valence-electron chi connectivity index (χ3n) is 2.77. The van der Waals surface area contributed by atoms with E-state index < -0.39 is 0 Å². The summed E-state index contributed by atoms with van der Waals surface area (Å²) in [6.07, 6.45) is 7.83. The molecule has 0 aromatic heterocycles. The molecule has 0 radical (unpaired) electrons. The van der Waals surface area contributed by atoms with Crippen LogP contribution in [0.25, 0.3) is 0 Å². The van der Waals surface area contributed by atoms with E-state index in [-0.39, 0.29) is 12.2 Å². The summed E-state index contributed by atoms with van der Waals surface area (Å²) in [6.45, 7) is 2.20. The number of hydrogen-bond donors (Lipinski definition) is 1. The van der Waals surface area contributed by atoms with Crippen molar-refractivity contribution in [3.05, 3.63) is 12.2 Å². The number of hydrogen-bond acceptors (Lipinski definition) is 2. The molecule has 0 bridgehead atoms. The summed E-state index contributed by atoms with van der Waals surface area (Å²) in [6, 6.07) is 0. The number of aliphatic hydroxyl groups excluding tert-OH is 1. The third-order valence-corrected chi connectivity index (χ3v) is 2.77. The molecule has 1 heterocycles. The lowest BCUT2D eigenvalue weighted by atomic mass is 9.90. The molecule has 2 rings (SSSR count). The summed E-state index contributed by atoms with van der Waals surface area (Å²) in [7, 11) is 0. The van der Waals surface area contributed by atoms with Crippen molar-refractivity contribution in [3.63, 3.8) is 0 Å². The van der Waals surface area contributed by atoms with Crippen LogP contribution in [-0.4, -0.2) is 23.4 Å². The van der Waals surface area contributed by atoms with Gasteiger partial charge in [0.05, 0.1) is 6.10 Å². The van der Waals surface area contributed by atoms with Gasteiger partial charge in [-0.3, -0.25) is 0 Å². The minimum absolute atomic E-state index is 0.122. The van der Waals surface area contributed by atoms with E-state index in [4.69, 9.17) is 4.74 Å². The van der Waals surface area contributed by atoms with Crippen LogP contribution in [0.3, 0.4) is 0 Å². The number of rotatable bonds is 3. The summed E-state index contributed by atoms with van der Waals surface area (Å²) >= 11 is 0. The lowest BCUT2D eigenvalue weighted by Gasteiger charge is -2.14. The van der Waals surface area contributed by atoms with Gasteiger partial charge >= 0.3 is 0 Å². The predicted octanol–water partition coefficient (Wildman–Crippen LogP) is 1.49. The van der Waals surface area contributed by atoms with E-state index in [1.54, 1.807) is 0 Å². The molecule has 1 aliphatic carbocycles. The summed E-state index contributed by atoms with van der Waals surface area (Å²) in [5, 5.41) is 9.35. The highest BCUT2D eigenvalue weighted by Gasteiger charge is 2.49. The summed E-state index contributed by atoms with van der Waals surface area (Å²) in [4.78, 5) is 0. The third kappa shape index (κ3) is 1.41. The monoisotopic (exact) mass is 168 g/mol. The fourth-order valence-corrected chi connectivity index (χ4v) is 1.93. The molecule has 12 heavy (non-hydrogen) atoms. The fraction of sp³-hybridized carbons (Fsp3) is 0.800. The van der Waals surface area contributed by atoms with Gasteiger partial charge in [0.2, 0.25) is 0 Å². The van der Waals surface area contributed by atoms with Crippen molar-refractivity contribution in [3.8, 4) is 0 Å². The van der Waals surface area contributed by atoms with Gasteiger partial charge in [-0.25, -0.2) is 0 Å². The zero-order valence-corrected chi connectivity index (χ0v) is 7.44. The Morgan fingerprint density at radius 2 is 2.17 bits per heavy atom. The van der Waals surface area contributed by atoms with Crippen LogP contribution < -0.4 is 0 Å². The lowest BCUT2D eigenvalue weighted by molar-refractivity contribution is 0.178. The molecule has 1 N–H and O–H groups in total. The smallest absolute Gasteiger partial charge is 0.114 e. The second kappa shape index (κ2) is 3.19. The van der Waals surface area contributed by atoms with Crippen LogP contribution in [0.4, 0.5) is 0 Å². The zero-order chi connectivity index (χ0) is 8.55. The molecule has 0 aromatic rings. The van der Waals surface area contributed by atoms with Crippen molar-refractivity contribution in [2.75, 3.05) is 0 Å². The molecular weight excluding hydrogens is 152 g/mol. The number of epoxide rings is 1. The van der Waals surface area contributed by atoms with Crippen LogP contribution in [-0.2, 0) is 4.74 Å². The SMILES string of the molecule is CCCCC1C=CC(O)C2OC12. The maximum Gasteiger partial charge on any atom is 0.114 e. The van der Waals surface area contributed by atoms with E-state index >= 15 is 0 Å². The minimum Gasteiger partial charge on any atom is -0.386 e. The molecule has 0 saturated carbocycles. The highest BCUT2D eigenvalue weighted by Crippen LogP contribution is 2.39. The van der Waals surface area contributed by atoms with Crippen LogP contribution in [0.15, 0.2) is 12.2 Å². The molecule has 4 unspecified atom stereocenters. The largest absolute Gasteiger partial charge is 0.386 e. The molecule has 2 aliphatic rings.